The van der Waals surface area contributed by atoms with Gasteiger partial charge in [0, 0.05) is 26.6 Å². The van der Waals surface area contributed by atoms with Gasteiger partial charge in [-0.25, -0.2) is 8.42 Å². The van der Waals surface area contributed by atoms with Gasteiger partial charge >= 0.3 is 5.97 Å². The van der Waals surface area contributed by atoms with E-state index in [2.05, 4.69) is 10.4 Å². The molecule has 1 unspecified atom stereocenters. The van der Waals surface area contributed by atoms with Gasteiger partial charge in [0.25, 0.3) is 5.91 Å². The van der Waals surface area contributed by atoms with Crippen LogP contribution >= 0.6 is 0 Å². The summed E-state index contributed by atoms with van der Waals surface area (Å²) < 4.78 is 34.3. The van der Waals surface area contributed by atoms with Crippen molar-refractivity contribution in [2.75, 3.05) is 18.4 Å². The third-order valence-electron chi connectivity index (χ3n) is 6.18. The van der Waals surface area contributed by atoms with Crippen LogP contribution in [0.2, 0.25) is 0 Å². The van der Waals surface area contributed by atoms with Gasteiger partial charge in [0.05, 0.1) is 22.0 Å². The number of nitrogens with one attached hydrogen (secondary N) is 1. The summed E-state index contributed by atoms with van der Waals surface area (Å²) in [5.41, 5.74) is 2.94. The van der Waals surface area contributed by atoms with E-state index in [0.717, 1.165) is 36.9 Å². The summed E-state index contributed by atoms with van der Waals surface area (Å²) in [5.74, 6) is -0.917. The van der Waals surface area contributed by atoms with Crippen LogP contribution in [0.5, 0.6) is 0 Å². The number of benzene rings is 1. The van der Waals surface area contributed by atoms with Crippen molar-refractivity contribution in [3.8, 4) is 0 Å². The van der Waals surface area contributed by atoms with E-state index in [0.29, 0.717) is 30.9 Å². The highest BCUT2D eigenvalue weighted by Crippen LogP contribution is 2.21. The molecule has 1 aliphatic heterocycles. The minimum absolute atomic E-state index is 0.0841. The molecule has 2 aromatic rings. The molecule has 1 aromatic carbocycles. The second kappa shape index (κ2) is 11.1. The Labute approximate surface area is 201 Å². The summed E-state index contributed by atoms with van der Waals surface area (Å²) in [5, 5.41) is 7.02. The molecule has 34 heavy (non-hydrogen) atoms. The molecule has 1 N–H and O–H groups in total. The van der Waals surface area contributed by atoms with Crippen LogP contribution in [0.4, 0.5) is 5.69 Å². The average molecular weight is 491 g/mol. The number of ether oxygens (including phenoxy) is 1. The molecule has 0 bridgehead atoms. The van der Waals surface area contributed by atoms with E-state index in [4.69, 9.17) is 4.74 Å². The molecule has 3 rings (SSSR count). The second-order valence-electron chi connectivity index (χ2n) is 8.75. The summed E-state index contributed by atoms with van der Waals surface area (Å²) in [6.45, 7) is 6.28. The van der Waals surface area contributed by atoms with E-state index >= 15 is 0 Å². The van der Waals surface area contributed by atoms with E-state index in [-0.39, 0.29) is 11.3 Å². The van der Waals surface area contributed by atoms with E-state index in [9.17, 15) is 18.0 Å². The van der Waals surface area contributed by atoms with Gasteiger partial charge in [-0.15, -0.1) is 0 Å². The van der Waals surface area contributed by atoms with Crippen molar-refractivity contribution in [1.29, 1.82) is 0 Å². The molecule has 0 radical (unpaired) electrons. The molecule has 1 amide bonds. The number of rotatable bonds is 8. The minimum atomic E-state index is -3.50. The highest BCUT2D eigenvalue weighted by Gasteiger charge is 2.25. The monoisotopic (exact) mass is 490 g/mol. The number of aromatic nitrogens is 2. The fraction of sp³-hybridized carbons (Fsp3) is 0.542. The first-order valence-corrected chi connectivity index (χ1v) is 13.1. The topological polar surface area (TPSA) is 111 Å². The lowest BCUT2D eigenvalue weighted by molar-refractivity contribution is -0.153. The van der Waals surface area contributed by atoms with E-state index < -0.39 is 28.0 Å². The summed E-state index contributed by atoms with van der Waals surface area (Å²) >= 11 is 0. The average Bonchev–Trinajstić information content (AvgIpc) is 3.01. The molecule has 0 saturated carbocycles. The highest BCUT2D eigenvalue weighted by atomic mass is 32.2. The molecule has 186 valence electrons. The molecule has 1 saturated heterocycles. The number of esters is 1. The zero-order valence-electron chi connectivity index (χ0n) is 20.3. The fourth-order valence-electron chi connectivity index (χ4n) is 3.99. The Hall–Kier alpha value is -2.72. The number of carbonyl (C=O) groups excluding carboxylic acids is 2. The normalized spacial score (nSPS) is 16.0. The van der Waals surface area contributed by atoms with Crippen LogP contribution in [0, 0.1) is 13.8 Å². The largest absolute Gasteiger partial charge is 0.453 e. The van der Waals surface area contributed by atoms with Crippen molar-refractivity contribution < 1.29 is 22.7 Å². The zero-order chi connectivity index (χ0) is 24.9. The number of hydrogen-bond acceptors (Lipinski definition) is 6. The molecule has 0 spiro atoms. The maximum Gasteiger partial charge on any atom is 0.306 e. The van der Waals surface area contributed by atoms with Gasteiger partial charge in [-0.3, -0.25) is 14.3 Å². The molecule has 0 aliphatic carbocycles. The lowest BCUT2D eigenvalue weighted by Gasteiger charge is -2.20. The minimum Gasteiger partial charge on any atom is -0.453 e. The van der Waals surface area contributed by atoms with Crippen molar-refractivity contribution >= 4 is 27.6 Å². The van der Waals surface area contributed by atoms with Gasteiger partial charge in [0.1, 0.15) is 0 Å². The molecular weight excluding hydrogens is 456 g/mol. The Morgan fingerprint density at radius 3 is 2.26 bits per heavy atom. The third-order valence-corrected chi connectivity index (χ3v) is 8.09. The Balaban J connectivity index is 1.51. The number of nitrogens with zero attached hydrogens (tertiary/aromatic N) is 3. The van der Waals surface area contributed by atoms with Crippen molar-refractivity contribution in [1.82, 2.24) is 14.1 Å². The number of anilines is 1. The molecule has 1 aliphatic rings. The Morgan fingerprint density at radius 1 is 1.09 bits per heavy atom. The first-order chi connectivity index (χ1) is 16.1. The summed E-state index contributed by atoms with van der Waals surface area (Å²) in [4.78, 5) is 25.0. The quantitative estimate of drug-likeness (QED) is 0.570. The Kier molecular flexibility index (Phi) is 8.48. The highest BCUT2D eigenvalue weighted by molar-refractivity contribution is 7.89. The summed E-state index contributed by atoms with van der Waals surface area (Å²) in [6, 6.07) is 6.63. The Bertz CT molecular complexity index is 1120. The van der Waals surface area contributed by atoms with Gasteiger partial charge in [0.15, 0.2) is 6.10 Å². The number of amides is 1. The number of hydrogen-bond donors (Lipinski definition) is 1. The van der Waals surface area contributed by atoms with Crippen LogP contribution in [0.1, 0.15) is 56.0 Å². The van der Waals surface area contributed by atoms with Crippen molar-refractivity contribution in [3.63, 3.8) is 0 Å². The van der Waals surface area contributed by atoms with E-state index in [1.54, 1.807) is 47.2 Å². The van der Waals surface area contributed by atoms with Crippen molar-refractivity contribution in [3.05, 3.63) is 41.2 Å². The molecule has 1 fully saturated rings. The van der Waals surface area contributed by atoms with E-state index in [1.807, 2.05) is 6.92 Å². The first kappa shape index (κ1) is 25.9. The second-order valence-corrected chi connectivity index (χ2v) is 10.7. The lowest BCUT2D eigenvalue weighted by atomic mass is 10.1. The van der Waals surface area contributed by atoms with Gasteiger partial charge in [-0.05, 0) is 57.7 Å². The maximum atomic E-state index is 12.9. The summed E-state index contributed by atoms with van der Waals surface area (Å²) in [7, 11) is -1.71. The molecule has 1 aromatic heterocycles. The fourth-order valence-corrected chi connectivity index (χ4v) is 5.51. The molecule has 9 nitrogen and oxygen atoms in total. The molecule has 10 heteroatoms. The van der Waals surface area contributed by atoms with Crippen LogP contribution in [0.15, 0.2) is 29.2 Å². The van der Waals surface area contributed by atoms with Crippen LogP contribution in [-0.2, 0) is 37.8 Å². The predicted octanol–water partition coefficient (Wildman–Crippen LogP) is 3.10. The predicted molar refractivity (Wildman–Crippen MR) is 129 cm³/mol. The van der Waals surface area contributed by atoms with E-state index in [1.165, 1.54) is 6.92 Å². The molecular formula is C24H34N4O5S. The third kappa shape index (κ3) is 6.24. The van der Waals surface area contributed by atoms with Crippen LogP contribution in [-0.4, -0.2) is 53.6 Å². The SMILES string of the molecule is Cc1nn(C)c(C)c1NC(=O)C(C)OC(=O)CCc1ccc(S(=O)(=O)N2CCCCCC2)cc1. The number of aryl methyl sites for hydroxylation is 3. The van der Waals surface area contributed by atoms with Gasteiger partial charge in [-0.2, -0.15) is 9.40 Å². The number of carbonyl (C=O) groups is 2. The van der Waals surface area contributed by atoms with Crippen LogP contribution < -0.4 is 5.32 Å². The summed E-state index contributed by atoms with van der Waals surface area (Å²) in [6.07, 6.45) is 3.41. The van der Waals surface area contributed by atoms with Gasteiger partial charge < -0.3 is 10.1 Å². The first-order valence-electron chi connectivity index (χ1n) is 11.7. The van der Waals surface area contributed by atoms with Crippen molar-refractivity contribution in [2.45, 2.75) is 70.3 Å². The maximum absolute atomic E-state index is 12.9. The standard InChI is InChI=1S/C24H34N4O5S/c1-17-23(18(2)27(4)26-17)25-24(30)19(3)33-22(29)14-11-20-9-12-21(13-10-20)34(31,32)28-15-7-5-6-8-16-28/h9-10,12-13,19H,5-8,11,14-16H2,1-4H3,(H,25,30). The number of sulfonamides is 1. The zero-order valence-corrected chi connectivity index (χ0v) is 21.2. The smallest absolute Gasteiger partial charge is 0.306 e. The van der Waals surface area contributed by atoms with Crippen LogP contribution in [0.25, 0.3) is 0 Å². The molecule has 2 heterocycles. The van der Waals surface area contributed by atoms with Crippen LogP contribution in [0.3, 0.4) is 0 Å². The van der Waals surface area contributed by atoms with Crippen molar-refractivity contribution in [2.24, 2.45) is 7.05 Å². The lowest BCUT2D eigenvalue weighted by Crippen LogP contribution is -2.31. The van der Waals surface area contributed by atoms with Gasteiger partial charge in [-0.1, -0.05) is 25.0 Å². The Morgan fingerprint density at radius 2 is 1.71 bits per heavy atom. The molecule has 1 atom stereocenters. The van der Waals surface area contributed by atoms with Gasteiger partial charge in [0.2, 0.25) is 10.0 Å².